The third-order valence-electron chi connectivity index (χ3n) is 5.28. The molecule has 156 valence electrons. The molecule has 1 atom stereocenters. The molecule has 4 rings (SSSR count). The third kappa shape index (κ3) is 4.51. The maximum absolute atomic E-state index is 13.4. The Bertz CT molecular complexity index is 1230. The molecule has 0 spiro atoms. The number of para-hydroxylation sites is 1. The molecule has 1 aromatic heterocycles. The molecule has 31 heavy (non-hydrogen) atoms. The zero-order chi connectivity index (χ0) is 21.8. The summed E-state index contributed by atoms with van der Waals surface area (Å²) >= 11 is 0. The normalized spacial score (nSPS) is 11.8. The minimum atomic E-state index is -1.06. The van der Waals surface area contributed by atoms with Crippen LogP contribution in [0.25, 0.3) is 10.9 Å². The summed E-state index contributed by atoms with van der Waals surface area (Å²) in [4.78, 5) is 29.1. The summed E-state index contributed by atoms with van der Waals surface area (Å²) in [7, 11) is 0. The highest BCUT2D eigenvalue weighted by atomic mass is 16.6. The van der Waals surface area contributed by atoms with Gasteiger partial charge in [0.1, 0.15) is 5.75 Å². The highest BCUT2D eigenvalue weighted by Crippen LogP contribution is 2.27. The van der Waals surface area contributed by atoms with E-state index in [1.54, 1.807) is 24.4 Å². The molecule has 1 N–H and O–H groups in total. The van der Waals surface area contributed by atoms with Crippen molar-refractivity contribution >= 4 is 22.7 Å². The number of rotatable bonds is 7. The maximum Gasteiger partial charge on any atom is 0.345 e. The zero-order valence-corrected chi connectivity index (χ0v) is 17.4. The van der Waals surface area contributed by atoms with Crippen LogP contribution in [0.5, 0.6) is 5.75 Å². The largest absolute Gasteiger partial charge is 0.482 e. The van der Waals surface area contributed by atoms with Crippen molar-refractivity contribution in [2.24, 2.45) is 0 Å². The first-order valence-electron chi connectivity index (χ1n) is 10.1. The van der Waals surface area contributed by atoms with Crippen molar-refractivity contribution in [3.8, 4) is 5.75 Å². The molecule has 0 aliphatic heterocycles. The van der Waals surface area contributed by atoms with E-state index in [1.807, 2.05) is 68.4 Å². The van der Waals surface area contributed by atoms with Crippen molar-refractivity contribution < 1.29 is 19.1 Å². The summed E-state index contributed by atoms with van der Waals surface area (Å²) in [6.07, 6.45) is 0.596. The predicted molar refractivity (Wildman–Crippen MR) is 119 cm³/mol. The lowest BCUT2D eigenvalue weighted by atomic mass is 9.99. The summed E-state index contributed by atoms with van der Waals surface area (Å²) in [5, 5.41) is 0.788. The number of carbonyl (C=O) groups is 2. The van der Waals surface area contributed by atoms with E-state index >= 15 is 0 Å². The standard InChI is InChI=1S/C26H23NO4/c1-17-12-13-20(14-18(17)2)30-16-24(28)31-26(19-8-4-3-5-9-19)25(29)22-15-27-23-11-7-6-10-21(22)23/h3-15,26-27H,16H2,1-2H3. The van der Waals surface area contributed by atoms with E-state index in [1.165, 1.54) is 0 Å². The molecule has 3 aromatic carbocycles. The number of hydrogen-bond donors (Lipinski definition) is 1. The quantitative estimate of drug-likeness (QED) is 0.328. The van der Waals surface area contributed by atoms with Crippen LogP contribution in [0.3, 0.4) is 0 Å². The van der Waals surface area contributed by atoms with Gasteiger partial charge in [-0.15, -0.1) is 0 Å². The lowest BCUT2D eigenvalue weighted by Gasteiger charge is -2.17. The van der Waals surface area contributed by atoms with Crippen LogP contribution in [-0.2, 0) is 9.53 Å². The van der Waals surface area contributed by atoms with Crippen LogP contribution in [0, 0.1) is 13.8 Å². The molecule has 4 aromatic rings. The van der Waals surface area contributed by atoms with Gasteiger partial charge >= 0.3 is 5.97 Å². The summed E-state index contributed by atoms with van der Waals surface area (Å²) in [6, 6.07) is 22.2. The molecule has 0 radical (unpaired) electrons. The molecular formula is C26H23NO4. The lowest BCUT2D eigenvalue weighted by Crippen LogP contribution is -2.23. The Morgan fingerprint density at radius 3 is 2.42 bits per heavy atom. The molecule has 1 unspecified atom stereocenters. The molecule has 1 heterocycles. The Hall–Kier alpha value is -3.86. The molecule has 0 bridgehead atoms. The van der Waals surface area contributed by atoms with Gasteiger partial charge in [0.05, 0.1) is 0 Å². The fourth-order valence-corrected chi connectivity index (χ4v) is 3.43. The van der Waals surface area contributed by atoms with E-state index in [-0.39, 0.29) is 12.4 Å². The van der Waals surface area contributed by atoms with Gasteiger partial charge < -0.3 is 14.5 Å². The Balaban J connectivity index is 1.55. The van der Waals surface area contributed by atoms with Crippen LogP contribution in [0.2, 0.25) is 0 Å². The van der Waals surface area contributed by atoms with Gasteiger partial charge in [-0.2, -0.15) is 0 Å². The summed E-state index contributed by atoms with van der Waals surface area (Å²) in [5.41, 5.74) is 4.15. The van der Waals surface area contributed by atoms with Gasteiger partial charge in [0.15, 0.2) is 12.7 Å². The average Bonchev–Trinajstić information content (AvgIpc) is 3.22. The van der Waals surface area contributed by atoms with E-state index in [2.05, 4.69) is 4.98 Å². The third-order valence-corrected chi connectivity index (χ3v) is 5.28. The minimum Gasteiger partial charge on any atom is -0.482 e. The minimum absolute atomic E-state index is 0.285. The maximum atomic E-state index is 13.4. The average molecular weight is 413 g/mol. The van der Waals surface area contributed by atoms with Crippen molar-refractivity contribution in [1.29, 1.82) is 0 Å². The number of hydrogen-bond acceptors (Lipinski definition) is 4. The number of carbonyl (C=O) groups excluding carboxylic acids is 2. The number of ketones is 1. The number of aromatic nitrogens is 1. The summed E-state index contributed by atoms with van der Waals surface area (Å²) in [5.74, 6) is -0.317. The Morgan fingerprint density at radius 1 is 0.903 bits per heavy atom. The van der Waals surface area contributed by atoms with Gasteiger partial charge in [-0.3, -0.25) is 4.79 Å². The smallest absolute Gasteiger partial charge is 0.345 e. The second-order valence-electron chi connectivity index (χ2n) is 7.43. The molecule has 5 heteroatoms. The molecule has 5 nitrogen and oxygen atoms in total. The van der Waals surface area contributed by atoms with E-state index in [0.717, 1.165) is 22.0 Å². The van der Waals surface area contributed by atoms with Gasteiger partial charge in [0.2, 0.25) is 5.78 Å². The fourth-order valence-electron chi connectivity index (χ4n) is 3.43. The molecule has 0 saturated carbocycles. The van der Waals surface area contributed by atoms with Gasteiger partial charge in [-0.05, 0) is 43.2 Å². The number of aryl methyl sites for hydroxylation is 2. The van der Waals surface area contributed by atoms with Crippen LogP contribution in [0.1, 0.15) is 33.2 Å². The monoisotopic (exact) mass is 413 g/mol. The number of esters is 1. The topological polar surface area (TPSA) is 68.4 Å². The van der Waals surface area contributed by atoms with Crippen molar-refractivity contribution in [2.45, 2.75) is 20.0 Å². The second-order valence-corrected chi connectivity index (χ2v) is 7.43. The molecule has 0 aliphatic rings. The van der Waals surface area contributed by atoms with E-state index < -0.39 is 12.1 Å². The van der Waals surface area contributed by atoms with Crippen molar-refractivity contribution in [3.63, 3.8) is 0 Å². The number of nitrogens with one attached hydrogen (secondary N) is 1. The Morgan fingerprint density at radius 2 is 1.65 bits per heavy atom. The summed E-state index contributed by atoms with van der Waals surface area (Å²) in [6.45, 7) is 3.70. The summed E-state index contributed by atoms with van der Waals surface area (Å²) < 4.78 is 11.2. The van der Waals surface area contributed by atoms with Crippen molar-refractivity contribution in [1.82, 2.24) is 4.98 Å². The number of aromatic amines is 1. The van der Waals surface area contributed by atoms with E-state index in [0.29, 0.717) is 16.9 Å². The Kier molecular flexibility index (Phi) is 5.85. The number of benzene rings is 3. The van der Waals surface area contributed by atoms with Crippen LogP contribution in [-0.4, -0.2) is 23.3 Å². The molecular weight excluding hydrogens is 390 g/mol. The van der Waals surface area contributed by atoms with Crippen LogP contribution in [0.15, 0.2) is 79.0 Å². The van der Waals surface area contributed by atoms with E-state index in [9.17, 15) is 9.59 Å². The van der Waals surface area contributed by atoms with Crippen LogP contribution in [0.4, 0.5) is 0 Å². The van der Waals surface area contributed by atoms with E-state index in [4.69, 9.17) is 9.47 Å². The SMILES string of the molecule is Cc1ccc(OCC(=O)OC(C(=O)c2c[nH]c3ccccc23)c2ccccc2)cc1C. The van der Waals surface area contributed by atoms with Crippen LogP contribution < -0.4 is 4.74 Å². The number of fused-ring (bicyclic) bond motifs is 1. The molecule has 0 aliphatic carbocycles. The first-order valence-corrected chi connectivity index (χ1v) is 10.1. The van der Waals surface area contributed by atoms with Gasteiger partial charge in [0.25, 0.3) is 0 Å². The van der Waals surface area contributed by atoms with Gasteiger partial charge in [-0.1, -0.05) is 54.6 Å². The van der Waals surface area contributed by atoms with Gasteiger partial charge in [-0.25, -0.2) is 4.79 Å². The fraction of sp³-hybridized carbons (Fsp3) is 0.154. The lowest BCUT2D eigenvalue weighted by molar-refractivity contribution is -0.149. The molecule has 0 amide bonds. The highest BCUT2D eigenvalue weighted by molar-refractivity contribution is 6.10. The Labute approximate surface area is 180 Å². The molecule has 0 saturated heterocycles. The van der Waals surface area contributed by atoms with Crippen molar-refractivity contribution in [2.75, 3.05) is 6.61 Å². The highest BCUT2D eigenvalue weighted by Gasteiger charge is 2.28. The number of Topliss-reactive ketones (excluding diaryl/α,β-unsaturated/α-hetero) is 1. The second kappa shape index (κ2) is 8.88. The zero-order valence-electron chi connectivity index (χ0n) is 17.4. The number of H-pyrrole nitrogens is 1. The number of ether oxygens (including phenoxy) is 2. The molecule has 0 fully saturated rings. The predicted octanol–water partition coefficient (Wildman–Crippen LogP) is 5.33. The first kappa shape index (κ1) is 20.4. The van der Waals surface area contributed by atoms with Crippen LogP contribution >= 0.6 is 0 Å². The first-order chi connectivity index (χ1) is 15.0. The van der Waals surface area contributed by atoms with Crippen molar-refractivity contribution in [3.05, 3.63) is 101 Å². The van der Waals surface area contributed by atoms with Gasteiger partial charge in [0, 0.05) is 28.2 Å².